The van der Waals surface area contributed by atoms with E-state index in [0.717, 1.165) is 24.3 Å². The fourth-order valence-electron chi connectivity index (χ4n) is 1.82. The van der Waals surface area contributed by atoms with Gasteiger partial charge in [-0.15, -0.1) is 0 Å². The number of aryl methyl sites for hydroxylation is 1. The zero-order valence-corrected chi connectivity index (χ0v) is 7.89. The molecule has 0 atom stereocenters. The average molecular weight is 179 g/mol. The van der Waals surface area contributed by atoms with Gasteiger partial charge in [-0.1, -0.05) is 6.07 Å². The molecule has 0 spiro atoms. The van der Waals surface area contributed by atoms with E-state index in [-0.39, 0.29) is 5.82 Å². The first kappa shape index (κ1) is 8.54. The highest BCUT2D eigenvalue weighted by Crippen LogP contribution is 2.24. The molecular weight excluding hydrogens is 165 g/mol. The molecule has 0 radical (unpaired) electrons. The maximum absolute atomic E-state index is 13.4. The number of rotatable bonds is 1. The van der Waals surface area contributed by atoms with Crippen molar-refractivity contribution < 1.29 is 4.39 Å². The van der Waals surface area contributed by atoms with Crippen LogP contribution in [0.1, 0.15) is 18.4 Å². The molecule has 13 heavy (non-hydrogen) atoms. The molecular formula is C11H14FN. The lowest BCUT2D eigenvalue weighted by molar-refractivity contribution is 0.622. The van der Waals surface area contributed by atoms with Gasteiger partial charge in [0, 0.05) is 13.1 Å². The Morgan fingerprint density at radius 2 is 1.92 bits per heavy atom. The highest BCUT2D eigenvalue weighted by molar-refractivity contribution is 5.50. The second kappa shape index (κ2) is 3.36. The van der Waals surface area contributed by atoms with Crippen molar-refractivity contribution in [2.45, 2.75) is 19.8 Å². The number of benzene rings is 1. The van der Waals surface area contributed by atoms with Gasteiger partial charge in [0.05, 0.1) is 5.69 Å². The largest absolute Gasteiger partial charge is 0.369 e. The number of nitrogens with zero attached hydrogens (tertiary/aromatic N) is 1. The highest BCUT2D eigenvalue weighted by atomic mass is 19.1. The van der Waals surface area contributed by atoms with E-state index in [9.17, 15) is 4.39 Å². The van der Waals surface area contributed by atoms with Crippen LogP contribution >= 0.6 is 0 Å². The van der Waals surface area contributed by atoms with E-state index in [1.54, 1.807) is 6.07 Å². The summed E-state index contributed by atoms with van der Waals surface area (Å²) in [4.78, 5) is 2.13. The van der Waals surface area contributed by atoms with Crippen LogP contribution in [0.15, 0.2) is 18.2 Å². The van der Waals surface area contributed by atoms with Gasteiger partial charge in [0.1, 0.15) is 5.82 Å². The number of anilines is 1. The molecule has 1 saturated heterocycles. The molecule has 0 amide bonds. The quantitative estimate of drug-likeness (QED) is 0.640. The Balaban J connectivity index is 2.32. The van der Waals surface area contributed by atoms with Crippen LogP contribution in [0.3, 0.4) is 0 Å². The summed E-state index contributed by atoms with van der Waals surface area (Å²) in [5.41, 5.74) is 1.90. The van der Waals surface area contributed by atoms with Crippen LogP contribution in [-0.2, 0) is 0 Å². The summed E-state index contributed by atoms with van der Waals surface area (Å²) in [6.45, 7) is 4.00. The first-order chi connectivity index (χ1) is 6.27. The third-order valence-electron chi connectivity index (χ3n) is 2.55. The summed E-state index contributed by atoms with van der Waals surface area (Å²) < 4.78 is 13.4. The molecule has 2 heteroatoms. The van der Waals surface area contributed by atoms with Crippen molar-refractivity contribution in [3.8, 4) is 0 Å². The van der Waals surface area contributed by atoms with Crippen molar-refractivity contribution in [2.24, 2.45) is 0 Å². The minimum atomic E-state index is -0.0903. The Kier molecular flexibility index (Phi) is 2.21. The minimum absolute atomic E-state index is 0.0903. The van der Waals surface area contributed by atoms with Gasteiger partial charge in [-0.3, -0.25) is 0 Å². The number of hydrogen-bond acceptors (Lipinski definition) is 1. The van der Waals surface area contributed by atoms with E-state index in [2.05, 4.69) is 4.90 Å². The third kappa shape index (κ3) is 1.67. The lowest BCUT2D eigenvalue weighted by Gasteiger charge is -2.18. The van der Waals surface area contributed by atoms with Crippen molar-refractivity contribution in [2.75, 3.05) is 18.0 Å². The Hall–Kier alpha value is -1.05. The summed E-state index contributed by atoms with van der Waals surface area (Å²) in [6.07, 6.45) is 2.38. The van der Waals surface area contributed by atoms with Crippen LogP contribution < -0.4 is 4.90 Å². The lowest BCUT2D eigenvalue weighted by atomic mass is 10.2. The van der Waals surface area contributed by atoms with Gasteiger partial charge >= 0.3 is 0 Å². The van der Waals surface area contributed by atoms with Crippen molar-refractivity contribution in [3.05, 3.63) is 29.6 Å². The summed E-state index contributed by atoms with van der Waals surface area (Å²) >= 11 is 0. The molecule has 1 heterocycles. The van der Waals surface area contributed by atoms with Crippen molar-refractivity contribution in [1.82, 2.24) is 0 Å². The molecule has 0 aromatic heterocycles. The summed E-state index contributed by atoms with van der Waals surface area (Å²) in [6, 6.07) is 5.30. The van der Waals surface area contributed by atoms with Gasteiger partial charge in [0.15, 0.2) is 0 Å². The van der Waals surface area contributed by atoms with Crippen LogP contribution in [0.2, 0.25) is 0 Å². The van der Waals surface area contributed by atoms with E-state index < -0.39 is 0 Å². The molecule has 1 aromatic carbocycles. The first-order valence-corrected chi connectivity index (χ1v) is 4.78. The van der Waals surface area contributed by atoms with Crippen molar-refractivity contribution >= 4 is 5.69 Å². The van der Waals surface area contributed by atoms with Gasteiger partial charge in [0.25, 0.3) is 0 Å². The van der Waals surface area contributed by atoms with Crippen LogP contribution in [0, 0.1) is 12.7 Å². The monoisotopic (exact) mass is 179 g/mol. The van der Waals surface area contributed by atoms with Gasteiger partial charge in [-0.25, -0.2) is 4.39 Å². The third-order valence-corrected chi connectivity index (χ3v) is 2.55. The highest BCUT2D eigenvalue weighted by Gasteiger charge is 2.15. The van der Waals surface area contributed by atoms with E-state index in [1.807, 2.05) is 19.1 Å². The summed E-state index contributed by atoms with van der Waals surface area (Å²) in [5, 5.41) is 0. The zero-order chi connectivity index (χ0) is 9.26. The molecule has 1 aromatic rings. The maximum atomic E-state index is 13.4. The fourth-order valence-corrected chi connectivity index (χ4v) is 1.82. The second-order valence-corrected chi connectivity index (χ2v) is 3.65. The topological polar surface area (TPSA) is 3.24 Å². The summed E-state index contributed by atoms with van der Waals surface area (Å²) in [5.74, 6) is -0.0903. The molecule has 0 saturated carbocycles. The van der Waals surface area contributed by atoms with Crippen molar-refractivity contribution in [3.63, 3.8) is 0 Å². The molecule has 1 aliphatic heterocycles. The molecule has 2 rings (SSSR count). The Morgan fingerprint density at radius 1 is 1.23 bits per heavy atom. The van der Waals surface area contributed by atoms with Crippen LogP contribution in [0.5, 0.6) is 0 Å². The van der Waals surface area contributed by atoms with E-state index in [4.69, 9.17) is 0 Å². The Morgan fingerprint density at radius 3 is 2.62 bits per heavy atom. The predicted octanol–water partition coefficient (Wildman–Crippen LogP) is 2.73. The normalized spacial score (nSPS) is 16.6. The SMILES string of the molecule is Cc1ccc(F)c(N2CCCC2)c1. The van der Waals surface area contributed by atoms with E-state index in [0.29, 0.717) is 0 Å². The molecule has 1 fully saturated rings. The van der Waals surface area contributed by atoms with Crippen molar-refractivity contribution in [1.29, 1.82) is 0 Å². The molecule has 0 aliphatic carbocycles. The van der Waals surface area contributed by atoms with Crippen LogP contribution in [0.4, 0.5) is 10.1 Å². The maximum Gasteiger partial charge on any atom is 0.146 e. The van der Waals surface area contributed by atoms with Crippen LogP contribution in [0.25, 0.3) is 0 Å². The van der Waals surface area contributed by atoms with Gasteiger partial charge in [0.2, 0.25) is 0 Å². The smallest absolute Gasteiger partial charge is 0.146 e. The molecule has 0 N–H and O–H groups in total. The molecule has 1 nitrogen and oxygen atoms in total. The fraction of sp³-hybridized carbons (Fsp3) is 0.455. The van der Waals surface area contributed by atoms with Crippen LogP contribution in [-0.4, -0.2) is 13.1 Å². The lowest BCUT2D eigenvalue weighted by Crippen LogP contribution is -2.18. The van der Waals surface area contributed by atoms with E-state index >= 15 is 0 Å². The zero-order valence-electron chi connectivity index (χ0n) is 7.89. The average Bonchev–Trinajstić information content (AvgIpc) is 2.61. The first-order valence-electron chi connectivity index (χ1n) is 4.78. The number of halogens is 1. The molecule has 0 bridgehead atoms. The molecule has 0 unspecified atom stereocenters. The molecule has 1 aliphatic rings. The Labute approximate surface area is 78.2 Å². The number of hydrogen-bond donors (Lipinski definition) is 0. The van der Waals surface area contributed by atoms with Gasteiger partial charge < -0.3 is 4.90 Å². The predicted molar refractivity (Wildman–Crippen MR) is 52.6 cm³/mol. The van der Waals surface area contributed by atoms with Gasteiger partial charge in [-0.05, 0) is 37.5 Å². The standard InChI is InChI=1S/C11H14FN/c1-9-4-5-10(12)11(8-9)13-6-2-3-7-13/h4-5,8H,2-3,6-7H2,1H3. The van der Waals surface area contributed by atoms with E-state index in [1.165, 1.54) is 12.8 Å². The second-order valence-electron chi connectivity index (χ2n) is 3.65. The van der Waals surface area contributed by atoms with Gasteiger partial charge in [-0.2, -0.15) is 0 Å². The minimum Gasteiger partial charge on any atom is -0.369 e. The summed E-state index contributed by atoms with van der Waals surface area (Å²) in [7, 11) is 0. The molecule has 70 valence electrons. The Bertz CT molecular complexity index is 303.